The van der Waals surface area contributed by atoms with E-state index in [0.29, 0.717) is 32.1 Å². The fraction of sp³-hybridized carbons (Fsp3) is 0.725. The van der Waals surface area contributed by atoms with Crippen molar-refractivity contribution < 1.29 is 58.5 Å². The summed E-state index contributed by atoms with van der Waals surface area (Å²) in [5.74, 6) is -13.6. The van der Waals surface area contributed by atoms with Crippen LogP contribution in [-0.2, 0) is 9.53 Å². The van der Waals surface area contributed by atoms with Crippen LogP contribution in [0.25, 0.3) is 11.1 Å². The molecule has 1 atom stereocenters. The zero-order chi connectivity index (χ0) is 45.2. The normalized spacial score (nSPS) is 25.6. The number of aromatic nitrogens is 6. The monoisotopic (exact) mass is 908 g/mol. The molecule has 7 aliphatic rings. The molecule has 0 amide bonds. The summed E-state index contributed by atoms with van der Waals surface area (Å²) in [7, 11) is 0. The predicted octanol–water partition coefficient (Wildman–Crippen LogP) is 8.82. The number of Topliss-reactive ketones (excluding diaryl/α,β-unsaturated/α-hetero) is 1. The van der Waals surface area contributed by atoms with Gasteiger partial charge in [0.15, 0.2) is 23.3 Å². The first-order valence-electron chi connectivity index (χ1n) is 21.4. The van der Waals surface area contributed by atoms with E-state index in [0.717, 1.165) is 13.2 Å². The molecule has 2 aromatic rings. The molecule has 0 bridgehead atoms. The molecule has 13 nitrogen and oxygen atoms in total. The smallest absolute Gasteiger partial charge is 0.252 e. The van der Waals surface area contributed by atoms with E-state index in [2.05, 4.69) is 51.2 Å². The van der Waals surface area contributed by atoms with E-state index >= 15 is 0 Å². The summed E-state index contributed by atoms with van der Waals surface area (Å²) in [6.07, 6.45) is 1.52. The van der Waals surface area contributed by atoms with Gasteiger partial charge in [0, 0.05) is 106 Å². The highest BCUT2D eigenvalue weighted by Crippen LogP contribution is 2.42. The fourth-order valence-electron chi connectivity index (χ4n) is 8.06. The Labute approximate surface area is 356 Å². The first-order valence-corrected chi connectivity index (χ1v) is 21.4. The van der Waals surface area contributed by atoms with Crippen LogP contribution in [0.3, 0.4) is 0 Å². The number of halogens is 10. The standard InChI is InChI=1S/C18H22F5N5O.C18H20F5N5O.C4H8O/c2*19-13-11(3-1-2-4-12(13)29)14-26-15(24-9-5-17(20,21)6-9)28-16(27-14)25-10-7-18(22,23)8-10;1-2-4-5-3-1/h9-10,12,29H,1-8H2,(H2,24,25,26,27,28);9-10H,1-8H2,(H2,24,25,26,27,28);1-4H2. The molecule has 348 valence electrons. The minimum Gasteiger partial charge on any atom is -0.386 e. The Kier molecular flexibility index (Phi) is 14.0. The Morgan fingerprint density at radius 3 is 1.21 bits per heavy atom. The van der Waals surface area contributed by atoms with Gasteiger partial charge in [-0.05, 0) is 51.4 Å². The molecule has 3 heterocycles. The Hall–Kier alpha value is -4.41. The van der Waals surface area contributed by atoms with Gasteiger partial charge in [-0.2, -0.15) is 29.9 Å². The van der Waals surface area contributed by atoms with Crippen LogP contribution >= 0.6 is 0 Å². The van der Waals surface area contributed by atoms with E-state index < -0.39 is 71.4 Å². The van der Waals surface area contributed by atoms with Crippen molar-refractivity contribution in [3.8, 4) is 0 Å². The van der Waals surface area contributed by atoms with Gasteiger partial charge >= 0.3 is 0 Å². The lowest BCUT2D eigenvalue weighted by Gasteiger charge is -2.36. The lowest BCUT2D eigenvalue weighted by molar-refractivity contribution is -0.116. The number of rotatable bonds is 10. The number of alkyl halides is 8. The summed E-state index contributed by atoms with van der Waals surface area (Å²) in [5.41, 5.74) is 0.153. The number of hydrogen-bond acceptors (Lipinski definition) is 13. The molecule has 6 aliphatic carbocycles. The van der Waals surface area contributed by atoms with E-state index in [9.17, 15) is 53.8 Å². The van der Waals surface area contributed by atoms with Gasteiger partial charge in [0.25, 0.3) is 23.7 Å². The van der Waals surface area contributed by atoms with Gasteiger partial charge in [-0.25, -0.2) is 43.9 Å². The topological polar surface area (TPSA) is 172 Å². The first-order chi connectivity index (χ1) is 29.7. The number of allylic oxidation sites excluding steroid dienone is 3. The molecule has 1 saturated heterocycles. The number of ether oxygens (including phenoxy) is 1. The third kappa shape index (κ3) is 12.7. The molecular formula is C40H50F10N10O3. The maximum atomic E-state index is 14.6. The van der Waals surface area contributed by atoms with Crippen LogP contribution in [0.4, 0.5) is 67.7 Å². The van der Waals surface area contributed by atoms with Gasteiger partial charge in [0.2, 0.25) is 23.8 Å². The third-order valence-corrected chi connectivity index (χ3v) is 11.7. The van der Waals surface area contributed by atoms with Gasteiger partial charge in [-0.1, -0.05) is 6.42 Å². The maximum Gasteiger partial charge on any atom is 0.252 e. The van der Waals surface area contributed by atoms with Gasteiger partial charge in [0.05, 0.1) is 0 Å². The number of aliphatic hydroxyl groups excluding tert-OH is 1. The van der Waals surface area contributed by atoms with Crippen LogP contribution in [0.15, 0.2) is 11.7 Å². The molecule has 5 fully saturated rings. The van der Waals surface area contributed by atoms with Gasteiger partial charge in [-0.3, -0.25) is 4.79 Å². The zero-order valence-electron chi connectivity index (χ0n) is 34.3. The minimum atomic E-state index is -2.76. The molecule has 0 radical (unpaired) electrons. The molecule has 1 aliphatic heterocycles. The van der Waals surface area contributed by atoms with E-state index in [1.54, 1.807) is 0 Å². The molecule has 0 spiro atoms. The highest BCUT2D eigenvalue weighted by atomic mass is 19.3. The lowest BCUT2D eigenvalue weighted by Crippen LogP contribution is -2.45. The van der Waals surface area contributed by atoms with E-state index in [-0.39, 0.29) is 117 Å². The number of hydrogen-bond donors (Lipinski definition) is 5. The summed E-state index contributed by atoms with van der Waals surface area (Å²) < 4.78 is 139. The van der Waals surface area contributed by atoms with Crippen molar-refractivity contribution in [2.45, 2.75) is 170 Å². The van der Waals surface area contributed by atoms with Crippen molar-refractivity contribution in [3.63, 3.8) is 0 Å². The van der Waals surface area contributed by atoms with Crippen molar-refractivity contribution in [1.29, 1.82) is 0 Å². The van der Waals surface area contributed by atoms with Gasteiger partial charge in [-0.15, -0.1) is 0 Å². The van der Waals surface area contributed by atoms with Crippen molar-refractivity contribution in [1.82, 2.24) is 29.9 Å². The van der Waals surface area contributed by atoms with Gasteiger partial charge < -0.3 is 31.1 Å². The van der Waals surface area contributed by atoms with Crippen LogP contribution in [0.2, 0.25) is 0 Å². The summed E-state index contributed by atoms with van der Waals surface area (Å²) in [4.78, 5) is 36.6. The largest absolute Gasteiger partial charge is 0.386 e. The highest BCUT2D eigenvalue weighted by Gasteiger charge is 2.48. The second-order valence-corrected chi connectivity index (χ2v) is 17.4. The average Bonchev–Trinajstić information content (AvgIpc) is 3.65. The molecule has 1 unspecified atom stereocenters. The number of aliphatic hydroxyl groups is 1. The number of ketones is 1. The Morgan fingerprint density at radius 2 is 0.841 bits per heavy atom. The first kappa shape index (κ1) is 46.6. The number of anilines is 4. The molecule has 5 N–H and O–H groups in total. The third-order valence-electron chi connectivity index (χ3n) is 11.7. The average molecular weight is 909 g/mol. The maximum absolute atomic E-state index is 14.6. The highest BCUT2D eigenvalue weighted by molar-refractivity contribution is 6.00. The number of nitrogens with one attached hydrogen (secondary N) is 4. The molecule has 2 aromatic heterocycles. The molecular weight excluding hydrogens is 858 g/mol. The fourth-order valence-corrected chi connectivity index (χ4v) is 8.06. The number of carbonyl (C=O) groups excluding carboxylic acids is 1. The second kappa shape index (κ2) is 19.0. The van der Waals surface area contributed by atoms with Crippen LogP contribution in [0.5, 0.6) is 0 Å². The van der Waals surface area contributed by atoms with Crippen LogP contribution in [0.1, 0.15) is 127 Å². The number of nitrogens with zero attached hydrogens (tertiary/aromatic N) is 6. The molecule has 0 aromatic carbocycles. The Bertz CT molecular complexity index is 1910. The van der Waals surface area contributed by atoms with Gasteiger partial charge in [0.1, 0.15) is 11.9 Å². The van der Waals surface area contributed by atoms with Crippen molar-refractivity contribution in [2.24, 2.45) is 0 Å². The van der Waals surface area contributed by atoms with E-state index in [1.807, 2.05) is 0 Å². The van der Waals surface area contributed by atoms with E-state index in [4.69, 9.17) is 4.74 Å². The molecule has 4 saturated carbocycles. The van der Waals surface area contributed by atoms with E-state index in [1.165, 1.54) is 12.8 Å². The van der Waals surface area contributed by atoms with Crippen LogP contribution in [-0.4, -0.2) is 108 Å². The summed E-state index contributed by atoms with van der Waals surface area (Å²) in [6, 6.07) is -2.20. The quantitative estimate of drug-likeness (QED) is 0.143. The Morgan fingerprint density at radius 1 is 0.492 bits per heavy atom. The SMILES string of the molecule is C1CCOC1.O=C1CCCCC(c2nc(NC3CC(F)(F)C3)nc(NC3CC(F)(F)C3)n2)=C1F.OC1CCCCC(c2nc(NC3CC(F)(F)C3)nc(NC3CC(F)(F)C3)n2)=C1F. The number of carbonyl (C=O) groups is 1. The minimum absolute atomic E-state index is 0.0249. The summed E-state index contributed by atoms with van der Waals surface area (Å²) >= 11 is 0. The van der Waals surface area contributed by atoms with Crippen molar-refractivity contribution in [3.05, 3.63) is 23.3 Å². The molecule has 9 rings (SSSR count). The van der Waals surface area contributed by atoms with Crippen LogP contribution < -0.4 is 21.3 Å². The zero-order valence-corrected chi connectivity index (χ0v) is 34.3. The summed E-state index contributed by atoms with van der Waals surface area (Å²) in [5, 5.41) is 21.0. The van der Waals surface area contributed by atoms with Crippen molar-refractivity contribution in [2.75, 3.05) is 34.5 Å². The molecule has 63 heavy (non-hydrogen) atoms. The van der Waals surface area contributed by atoms with Crippen LogP contribution in [0, 0.1) is 0 Å². The lowest BCUT2D eigenvalue weighted by atomic mass is 9.88. The Balaban J connectivity index is 0.000000170. The second-order valence-electron chi connectivity index (χ2n) is 17.4. The summed E-state index contributed by atoms with van der Waals surface area (Å²) in [6.45, 7) is 2.00. The van der Waals surface area contributed by atoms with Crippen molar-refractivity contribution >= 4 is 40.7 Å². The predicted molar refractivity (Wildman–Crippen MR) is 210 cm³/mol. The molecule has 23 heteroatoms.